The highest BCUT2D eigenvalue weighted by Crippen LogP contribution is 2.25. The molecule has 88 heavy (non-hydrogen) atoms. The number of rotatable bonds is 17. The second kappa shape index (κ2) is 35.8. The van der Waals surface area contributed by atoms with Crippen LogP contribution in [0.2, 0.25) is 0 Å². The fraction of sp³-hybridized carbons (Fsp3) is 0.790. The Hall–Kier alpha value is -6.25. The monoisotopic (exact) mass is 1250 g/mol. The van der Waals surface area contributed by atoms with Gasteiger partial charge in [-0.25, -0.2) is 0 Å². The van der Waals surface area contributed by atoms with Gasteiger partial charge in [0.2, 0.25) is 65.0 Å². The van der Waals surface area contributed by atoms with Crippen LogP contribution in [0.5, 0.6) is 0 Å². The van der Waals surface area contributed by atoms with E-state index in [1.807, 2.05) is 41.5 Å². The molecule has 13 atom stereocenters. The van der Waals surface area contributed by atoms with E-state index in [9.17, 15) is 68.4 Å². The van der Waals surface area contributed by atoms with Crippen LogP contribution in [-0.4, -0.2) is 248 Å². The largest absolute Gasteiger partial charge is 0.392 e. The van der Waals surface area contributed by atoms with Crippen LogP contribution in [0.1, 0.15) is 149 Å². The third-order valence-corrected chi connectivity index (χ3v) is 15.8. The minimum absolute atomic E-state index is 0.00841. The topological polar surface area (TPSA) is 348 Å². The van der Waals surface area contributed by atoms with E-state index in [0.717, 1.165) is 24.5 Å². The molecule has 0 unspecified atom stereocenters. The standard InChI is InChI=1S/C62H111N11O15/c1-33(2)27-42-58(84)70(19)45(30-36(7)8)53(79)63-39(12)52(78)64-40(13)57(83)71(20)46(31-62(15,16)88)55(81)66-43(28-34(3)4)59(85)72(21)49(37(9)10)61(87)73(22)50(51(77)38(11)25-23-24-26-74)56(82)67-48(41(14)75)60(86)68(17)32-47(76)69(18)44(29-35(5)6)54(80)65-42/h23-24,33-46,48-51,74-75,77,88H,25-32H2,1-22H3,(H,63,79)(H,64,78)(H,65,80)(H,66,81)(H,67,82)/b24-23+/t38-,39+,40-,41-,42+,43+,44+,45+,46+,48+,49+,50+,51-/m1/s1. The summed E-state index contributed by atoms with van der Waals surface area (Å²) in [6.07, 6.45) is -0.309. The maximum absolute atomic E-state index is 15.1. The molecule has 0 aromatic heterocycles. The molecule has 26 nitrogen and oxygen atoms in total. The average Bonchev–Trinajstić information content (AvgIpc) is 3.59. The Morgan fingerprint density at radius 1 is 0.489 bits per heavy atom. The lowest BCUT2D eigenvalue weighted by atomic mass is 9.91. The molecule has 1 saturated heterocycles. The second-order valence-electron chi connectivity index (χ2n) is 26.9. The molecule has 0 aromatic carbocycles. The van der Waals surface area contributed by atoms with Gasteiger partial charge in [0.15, 0.2) is 0 Å². The summed E-state index contributed by atoms with van der Waals surface area (Å²) >= 11 is 0. The Bertz CT molecular complexity index is 2410. The van der Waals surface area contributed by atoms with Gasteiger partial charge < -0.3 is 76.4 Å². The Balaban J connectivity index is 4.38. The lowest BCUT2D eigenvalue weighted by Gasteiger charge is -2.40. The number of aliphatic hydroxyl groups is 4. The van der Waals surface area contributed by atoms with Gasteiger partial charge in [-0.1, -0.05) is 88.3 Å². The van der Waals surface area contributed by atoms with Gasteiger partial charge in [0.25, 0.3) is 0 Å². The molecule has 11 amide bonds. The molecular formula is C62H111N11O15. The van der Waals surface area contributed by atoms with Crippen LogP contribution in [-0.2, 0) is 52.7 Å². The summed E-state index contributed by atoms with van der Waals surface area (Å²) in [5, 5.41) is 57.2. The number of carbonyl (C=O) groups excluding carboxylic acids is 11. The summed E-state index contributed by atoms with van der Waals surface area (Å²) in [5.41, 5.74) is -1.59. The lowest BCUT2D eigenvalue weighted by Crippen LogP contribution is -2.64. The molecule has 0 aliphatic carbocycles. The van der Waals surface area contributed by atoms with E-state index >= 15 is 4.79 Å². The van der Waals surface area contributed by atoms with Crippen LogP contribution < -0.4 is 26.6 Å². The van der Waals surface area contributed by atoms with Gasteiger partial charge in [-0.05, 0) is 102 Å². The van der Waals surface area contributed by atoms with Gasteiger partial charge in [0, 0.05) is 48.7 Å². The first-order valence-corrected chi connectivity index (χ1v) is 30.9. The van der Waals surface area contributed by atoms with Gasteiger partial charge in [0.05, 0.1) is 31.0 Å². The van der Waals surface area contributed by atoms with Crippen molar-refractivity contribution in [2.24, 2.45) is 35.5 Å². The van der Waals surface area contributed by atoms with E-state index in [2.05, 4.69) is 26.6 Å². The number of amides is 11. The molecule has 504 valence electrons. The van der Waals surface area contributed by atoms with Crippen molar-refractivity contribution >= 4 is 65.0 Å². The summed E-state index contributed by atoms with van der Waals surface area (Å²) < 4.78 is 0. The number of likely N-dealkylation sites (N-methyl/N-ethyl adjacent to an activating group) is 6. The number of hydrogen-bond acceptors (Lipinski definition) is 15. The van der Waals surface area contributed by atoms with Gasteiger partial charge in [0.1, 0.15) is 60.4 Å². The van der Waals surface area contributed by atoms with Crippen molar-refractivity contribution in [3.63, 3.8) is 0 Å². The summed E-state index contributed by atoms with van der Waals surface area (Å²) in [6.45, 7) is 25.2. The average molecular weight is 1250 g/mol. The van der Waals surface area contributed by atoms with E-state index in [1.165, 1.54) is 87.9 Å². The maximum Gasteiger partial charge on any atom is 0.248 e. The Labute approximate surface area is 523 Å². The summed E-state index contributed by atoms with van der Waals surface area (Å²) in [4.78, 5) is 166. The van der Waals surface area contributed by atoms with Gasteiger partial charge in [-0.15, -0.1) is 0 Å². The van der Waals surface area contributed by atoms with Crippen molar-refractivity contribution in [2.75, 3.05) is 55.4 Å². The highest BCUT2D eigenvalue weighted by atomic mass is 16.3. The van der Waals surface area contributed by atoms with Crippen molar-refractivity contribution < 1.29 is 73.2 Å². The minimum Gasteiger partial charge on any atom is -0.392 e. The molecule has 1 aliphatic heterocycles. The first-order chi connectivity index (χ1) is 40.4. The molecule has 9 N–H and O–H groups in total. The zero-order valence-electron chi connectivity index (χ0n) is 56.7. The molecule has 0 spiro atoms. The van der Waals surface area contributed by atoms with Crippen LogP contribution >= 0.6 is 0 Å². The quantitative estimate of drug-likeness (QED) is 0.0889. The smallest absolute Gasteiger partial charge is 0.248 e. The zero-order valence-corrected chi connectivity index (χ0v) is 56.7. The zero-order chi connectivity index (χ0) is 68.3. The Kier molecular flexibility index (Phi) is 32.5. The molecule has 1 aliphatic rings. The molecule has 0 radical (unpaired) electrons. The number of nitrogens with one attached hydrogen (secondary N) is 5. The maximum atomic E-state index is 15.1. The first-order valence-electron chi connectivity index (χ1n) is 30.9. The van der Waals surface area contributed by atoms with Crippen molar-refractivity contribution in [1.82, 2.24) is 56.0 Å². The Morgan fingerprint density at radius 3 is 1.35 bits per heavy atom. The molecule has 1 rings (SSSR count). The van der Waals surface area contributed by atoms with Crippen molar-refractivity contribution in [3.05, 3.63) is 12.2 Å². The second-order valence-corrected chi connectivity index (χ2v) is 26.9. The van der Waals surface area contributed by atoms with E-state index in [1.54, 1.807) is 40.7 Å². The normalized spacial score (nSPS) is 26.8. The summed E-state index contributed by atoms with van der Waals surface area (Å²) in [5.74, 6) is -11.3. The number of aliphatic hydroxyl groups excluding tert-OH is 3. The lowest BCUT2D eigenvalue weighted by molar-refractivity contribution is -0.155. The van der Waals surface area contributed by atoms with Crippen LogP contribution in [0.25, 0.3) is 0 Å². The van der Waals surface area contributed by atoms with Crippen molar-refractivity contribution in [1.29, 1.82) is 0 Å². The SMILES string of the molecule is CC(C)C[C@@H]1NC(=O)[C@H](CC(C)(C)O)N(C)C(=O)[C@@H](C)NC(=O)[C@H](C)NC(=O)[C@H](CC(C)C)N(C)C(=O)[C@H](CC(C)C)NC(=O)[C@H](CC(C)C)N(C)C(=O)CN(C)C(=O)[C@H]([C@@H](C)O)NC(=O)[C@H]([C@H](O)[C@H](C)C/C=C/CO)N(C)C(=O)[C@H](C(C)C)N(C)C1=O. The fourth-order valence-corrected chi connectivity index (χ4v) is 10.7. The molecular weight excluding hydrogens is 1140 g/mol. The predicted octanol–water partition coefficient (Wildman–Crippen LogP) is 0.375. The number of nitrogens with zero attached hydrogens (tertiary/aromatic N) is 6. The van der Waals surface area contributed by atoms with Crippen LogP contribution in [0.3, 0.4) is 0 Å². The van der Waals surface area contributed by atoms with E-state index < -0.39 is 162 Å². The summed E-state index contributed by atoms with van der Waals surface area (Å²) in [7, 11) is 7.84. The third kappa shape index (κ3) is 23.9. The molecule has 26 heteroatoms. The van der Waals surface area contributed by atoms with E-state index in [4.69, 9.17) is 0 Å². The fourth-order valence-electron chi connectivity index (χ4n) is 10.7. The van der Waals surface area contributed by atoms with Gasteiger partial charge >= 0.3 is 0 Å². The number of allylic oxidation sites excluding steroid dienone is 1. The van der Waals surface area contributed by atoms with E-state index in [-0.39, 0.29) is 68.8 Å². The highest BCUT2D eigenvalue weighted by Gasteiger charge is 2.45. The Morgan fingerprint density at radius 2 is 0.909 bits per heavy atom. The van der Waals surface area contributed by atoms with Crippen LogP contribution in [0, 0.1) is 35.5 Å². The predicted molar refractivity (Wildman–Crippen MR) is 333 cm³/mol. The molecule has 0 bridgehead atoms. The number of hydrogen-bond donors (Lipinski definition) is 9. The first kappa shape index (κ1) is 79.8. The van der Waals surface area contributed by atoms with Crippen LogP contribution in [0.4, 0.5) is 0 Å². The van der Waals surface area contributed by atoms with E-state index in [0.29, 0.717) is 0 Å². The molecule has 0 saturated carbocycles. The van der Waals surface area contributed by atoms with Crippen molar-refractivity contribution in [2.45, 2.75) is 228 Å². The van der Waals surface area contributed by atoms with Crippen molar-refractivity contribution in [3.8, 4) is 0 Å². The third-order valence-electron chi connectivity index (χ3n) is 15.8. The highest BCUT2D eigenvalue weighted by molar-refractivity contribution is 5.99. The number of carbonyl (C=O) groups is 11. The summed E-state index contributed by atoms with van der Waals surface area (Å²) in [6, 6.07) is -14.1. The minimum atomic E-state index is -1.82. The van der Waals surface area contributed by atoms with Crippen LogP contribution in [0.15, 0.2) is 12.2 Å². The van der Waals surface area contributed by atoms with Gasteiger partial charge in [-0.2, -0.15) is 0 Å². The molecule has 1 heterocycles. The molecule has 1 fully saturated rings. The molecule has 0 aromatic rings. The van der Waals surface area contributed by atoms with Gasteiger partial charge in [-0.3, -0.25) is 52.7 Å².